The number of hydrogen-bond acceptors (Lipinski definition) is 4. The van der Waals surface area contributed by atoms with E-state index in [9.17, 15) is 0 Å². The number of halogens is 1. The number of anilines is 1. The van der Waals surface area contributed by atoms with Crippen LogP contribution < -0.4 is 10.5 Å². The van der Waals surface area contributed by atoms with Crippen molar-refractivity contribution in [3.05, 3.63) is 41.2 Å². The van der Waals surface area contributed by atoms with Gasteiger partial charge >= 0.3 is 0 Å². The van der Waals surface area contributed by atoms with Crippen LogP contribution in [-0.4, -0.2) is 9.97 Å². The third kappa shape index (κ3) is 2.41. The second kappa shape index (κ2) is 4.37. The summed E-state index contributed by atoms with van der Waals surface area (Å²) in [5.41, 5.74) is 6.43. The molecule has 0 spiro atoms. The highest BCUT2D eigenvalue weighted by molar-refractivity contribution is 6.31. The maximum atomic E-state index is 5.91. The molecule has 82 valence electrons. The first-order valence-electron chi connectivity index (χ1n) is 4.66. The summed E-state index contributed by atoms with van der Waals surface area (Å²) in [4.78, 5) is 7.86. The van der Waals surface area contributed by atoms with Gasteiger partial charge in [0.05, 0.1) is 12.4 Å². The molecule has 0 unspecified atom stereocenters. The van der Waals surface area contributed by atoms with Crippen molar-refractivity contribution >= 4 is 17.4 Å². The number of aryl methyl sites for hydroxylation is 1. The van der Waals surface area contributed by atoms with Crippen LogP contribution in [0.4, 0.5) is 5.82 Å². The first-order valence-corrected chi connectivity index (χ1v) is 5.04. The maximum Gasteiger partial charge on any atom is 0.239 e. The first-order chi connectivity index (χ1) is 7.65. The molecule has 0 aliphatic heterocycles. The summed E-state index contributed by atoms with van der Waals surface area (Å²) in [6.07, 6.45) is 2.96. The topological polar surface area (TPSA) is 61.0 Å². The fourth-order valence-electron chi connectivity index (χ4n) is 1.21. The molecular weight excluding hydrogens is 226 g/mol. The Bertz CT molecular complexity index is 516. The molecule has 1 aromatic heterocycles. The van der Waals surface area contributed by atoms with Crippen molar-refractivity contribution in [3.63, 3.8) is 0 Å². The van der Waals surface area contributed by atoms with E-state index in [4.69, 9.17) is 22.1 Å². The summed E-state index contributed by atoms with van der Waals surface area (Å²) >= 11 is 5.91. The standard InChI is InChI=1S/C11H10ClN3O/c1-7-4-8(2-3-9(7)12)16-11-6-14-5-10(13)15-11/h2-6H,1H3,(H2,13,15). The molecule has 2 aromatic rings. The van der Waals surface area contributed by atoms with Gasteiger partial charge in [-0.1, -0.05) is 11.6 Å². The van der Waals surface area contributed by atoms with Gasteiger partial charge in [-0.05, 0) is 30.7 Å². The number of benzene rings is 1. The predicted molar refractivity (Wildman–Crippen MR) is 62.7 cm³/mol. The monoisotopic (exact) mass is 235 g/mol. The molecule has 4 nitrogen and oxygen atoms in total. The van der Waals surface area contributed by atoms with Crippen LogP contribution in [0.15, 0.2) is 30.6 Å². The number of nitrogens with two attached hydrogens (primary N) is 1. The number of nitrogens with zero attached hydrogens (tertiary/aromatic N) is 2. The second-order valence-corrected chi connectivity index (χ2v) is 3.70. The van der Waals surface area contributed by atoms with Crippen molar-refractivity contribution < 1.29 is 4.74 Å². The lowest BCUT2D eigenvalue weighted by Crippen LogP contribution is -1.94. The van der Waals surface area contributed by atoms with E-state index in [1.807, 2.05) is 13.0 Å². The quantitative estimate of drug-likeness (QED) is 0.870. The number of rotatable bonds is 2. The minimum Gasteiger partial charge on any atom is -0.437 e. The highest BCUT2D eigenvalue weighted by Crippen LogP contribution is 2.24. The fourth-order valence-corrected chi connectivity index (χ4v) is 1.33. The number of ether oxygens (including phenoxy) is 1. The van der Waals surface area contributed by atoms with Crippen LogP contribution in [0.25, 0.3) is 0 Å². The van der Waals surface area contributed by atoms with Gasteiger partial charge in [-0.25, -0.2) is 0 Å². The van der Waals surface area contributed by atoms with Gasteiger partial charge in [-0.2, -0.15) is 4.98 Å². The zero-order chi connectivity index (χ0) is 11.5. The Morgan fingerprint density at radius 3 is 2.81 bits per heavy atom. The molecule has 0 radical (unpaired) electrons. The van der Waals surface area contributed by atoms with Crippen LogP contribution in [0.5, 0.6) is 11.6 Å². The SMILES string of the molecule is Cc1cc(Oc2cncc(N)n2)ccc1Cl. The Labute approximate surface area is 98.0 Å². The molecule has 1 heterocycles. The van der Waals surface area contributed by atoms with Crippen LogP contribution >= 0.6 is 11.6 Å². The molecule has 0 bridgehead atoms. The molecule has 0 saturated heterocycles. The summed E-state index contributed by atoms with van der Waals surface area (Å²) in [5, 5.41) is 0.700. The van der Waals surface area contributed by atoms with Gasteiger partial charge in [0.15, 0.2) is 0 Å². The molecule has 2 N–H and O–H groups in total. The molecule has 5 heteroatoms. The van der Waals surface area contributed by atoms with Gasteiger partial charge in [0.25, 0.3) is 0 Å². The van der Waals surface area contributed by atoms with Crippen LogP contribution in [0.3, 0.4) is 0 Å². The lowest BCUT2D eigenvalue weighted by Gasteiger charge is -2.06. The summed E-state index contributed by atoms with van der Waals surface area (Å²) < 4.78 is 5.48. The fraction of sp³-hybridized carbons (Fsp3) is 0.0909. The Morgan fingerprint density at radius 1 is 1.31 bits per heavy atom. The molecule has 0 aliphatic rings. The Morgan fingerprint density at radius 2 is 2.12 bits per heavy atom. The van der Waals surface area contributed by atoms with E-state index in [-0.39, 0.29) is 0 Å². The largest absolute Gasteiger partial charge is 0.437 e. The van der Waals surface area contributed by atoms with Gasteiger partial charge in [0.2, 0.25) is 5.88 Å². The van der Waals surface area contributed by atoms with E-state index in [0.29, 0.717) is 22.5 Å². The van der Waals surface area contributed by atoms with Crippen molar-refractivity contribution in [1.82, 2.24) is 9.97 Å². The van der Waals surface area contributed by atoms with Gasteiger partial charge in [-0.15, -0.1) is 0 Å². The van der Waals surface area contributed by atoms with E-state index < -0.39 is 0 Å². The lowest BCUT2D eigenvalue weighted by atomic mass is 10.2. The van der Waals surface area contributed by atoms with Crippen molar-refractivity contribution in [2.45, 2.75) is 6.92 Å². The van der Waals surface area contributed by atoms with E-state index in [1.165, 1.54) is 12.4 Å². The van der Waals surface area contributed by atoms with Gasteiger partial charge in [-0.3, -0.25) is 4.98 Å². The molecule has 1 aromatic carbocycles. The summed E-state index contributed by atoms with van der Waals surface area (Å²) in [6, 6.07) is 5.36. The van der Waals surface area contributed by atoms with Crippen LogP contribution in [0, 0.1) is 6.92 Å². The molecule has 2 rings (SSSR count). The molecular formula is C11H10ClN3O. The molecule has 0 atom stereocenters. The lowest BCUT2D eigenvalue weighted by molar-refractivity contribution is 0.461. The highest BCUT2D eigenvalue weighted by atomic mass is 35.5. The summed E-state index contributed by atoms with van der Waals surface area (Å²) in [7, 11) is 0. The van der Waals surface area contributed by atoms with E-state index in [1.54, 1.807) is 12.1 Å². The van der Waals surface area contributed by atoms with E-state index in [0.717, 1.165) is 5.56 Å². The molecule has 16 heavy (non-hydrogen) atoms. The van der Waals surface area contributed by atoms with Gasteiger partial charge < -0.3 is 10.5 Å². The molecule has 0 fully saturated rings. The Hall–Kier alpha value is -1.81. The maximum absolute atomic E-state index is 5.91. The smallest absolute Gasteiger partial charge is 0.239 e. The minimum atomic E-state index is 0.322. The third-order valence-corrected chi connectivity index (χ3v) is 2.41. The van der Waals surface area contributed by atoms with Crippen LogP contribution in [-0.2, 0) is 0 Å². The van der Waals surface area contributed by atoms with E-state index in [2.05, 4.69) is 9.97 Å². The van der Waals surface area contributed by atoms with Gasteiger partial charge in [0.1, 0.15) is 11.6 Å². The number of nitrogen functional groups attached to an aromatic ring is 1. The summed E-state index contributed by atoms with van der Waals surface area (Å²) in [5.74, 6) is 1.34. The Kier molecular flexibility index (Phi) is 2.92. The molecule has 0 saturated carbocycles. The zero-order valence-electron chi connectivity index (χ0n) is 8.64. The van der Waals surface area contributed by atoms with Crippen LogP contribution in [0.1, 0.15) is 5.56 Å². The first kappa shape index (κ1) is 10.7. The normalized spacial score (nSPS) is 10.1. The van der Waals surface area contributed by atoms with Crippen molar-refractivity contribution in [1.29, 1.82) is 0 Å². The number of aromatic nitrogens is 2. The highest BCUT2D eigenvalue weighted by Gasteiger charge is 2.02. The van der Waals surface area contributed by atoms with Crippen molar-refractivity contribution in [2.75, 3.05) is 5.73 Å². The minimum absolute atomic E-state index is 0.322. The average molecular weight is 236 g/mol. The molecule has 0 aliphatic carbocycles. The Balaban J connectivity index is 2.24. The molecule has 0 amide bonds. The number of hydrogen-bond donors (Lipinski definition) is 1. The summed E-state index contributed by atoms with van der Waals surface area (Å²) in [6.45, 7) is 1.90. The van der Waals surface area contributed by atoms with Crippen molar-refractivity contribution in [3.8, 4) is 11.6 Å². The third-order valence-electron chi connectivity index (χ3n) is 1.98. The predicted octanol–water partition coefficient (Wildman–Crippen LogP) is 2.81. The average Bonchev–Trinajstić information content (AvgIpc) is 2.24. The second-order valence-electron chi connectivity index (χ2n) is 3.30. The van der Waals surface area contributed by atoms with Gasteiger partial charge in [0, 0.05) is 5.02 Å². The van der Waals surface area contributed by atoms with Crippen LogP contribution in [0.2, 0.25) is 5.02 Å². The zero-order valence-corrected chi connectivity index (χ0v) is 9.40. The van der Waals surface area contributed by atoms with E-state index >= 15 is 0 Å². The van der Waals surface area contributed by atoms with Crippen molar-refractivity contribution in [2.24, 2.45) is 0 Å².